The fraction of sp³-hybridized carbons (Fsp3) is 0.100. The zero-order valence-electron chi connectivity index (χ0n) is 14.2. The molecule has 0 fully saturated rings. The monoisotopic (exact) mass is 369 g/mol. The minimum Gasteiger partial charge on any atom is -0.496 e. The summed E-state index contributed by atoms with van der Waals surface area (Å²) in [4.78, 5) is 11.8. The standard InChI is InChI=1S/C20H14F3N3O/c1-27-17-8-3-2-7-15(17)13-10-16-19(24-11-13)26-18(25-16)12-5-4-6-14(9-12)20(21,22)23/h2-11H,1H3,(H,24,25,26). The Bertz CT molecular complexity index is 1120. The lowest BCUT2D eigenvalue weighted by atomic mass is 10.1. The Morgan fingerprint density at radius 3 is 2.56 bits per heavy atom. The highest BCUT2D eigenvalue weighted by molar-refractivity contribution is 5.82. The summed E-state index contributed by atoms with van der Waals surface area (Å²) in [6.07, 6.45) is -2.73. The molecule has 0 unspecified atom stereocenters. The maximum Gasteiger partial charge on any atom is 0.416 e. The van der Waals surface area contributed by atoms with Crippen LogP contribution in [0.1, 0.15) is 5.56 Å². The zero-order valence-corrected chi connectivity index (χ0v) is 14.2. The van der Waals surface area contributed by atoms with Crippen LogP contribution in [0.25, 0.3) is 33.7 Å². The molecule has 0 spiro atoms. The maximum absolute atomic E-state index is 12.9. The third-order valence-corrected chi connectivity index (χ3v) is 4.22. The van der Waals surface area contributed by atoms with Gasteiger partial charge in [0.25, 0.3) is 0 Å². The van der Waals surface area contributed by atoms with Crippen LogP contribution in [-0.2, 0) is 6.18 Å². The van der Waals surface area contributed by atoms with Crippen molar-refractivity contribution < 1.29 is 17.9 Å². The second kappa shape index (κ2) is 6.42. The number of H-pyrrole nitrogens is 1. The van der Waals surface area contributed by atoms with E-state index in [0.29, 0.717) is 28.3 Å². The summed E-state index contributed by atoms with van der Waals surface area (Å²) >= 11 is 0. The molecule has 0 bridgehead atoms. The van der Waals surface area contributed by atoms with Gasteiger partial charge in [-0.2, -0.15) is 13.2 Å². The van der Waals surface area contributed by atoms with Crippen molar-refractivity contribution in [2.75, 3.05) is 7.11 Å². The minimum atomic E-state index is -4.41. The van der Waals surface area contributed by atoms with Crippen molar-refractivity contribution in [3.8, 4) is 28.3 Å². The van der Waals surface area contributed by atoms with E-state index in [0.717, 1.165) is 23.3 Å². The highest BCUT2D eigenvalue weighted by Gasteiger charge is 2.30. The van der Waals surface area contributed by atoms with E-state index in [1.807, 2.05) is 30.3 Å². The van der Waals surface area contributed by atoms with Gasteiger partial charge in [0, 0.05) is 22.9 Å². The number of aromatic nitrogens is 3. The number of imidazole rings is 1. The number of nitrogens with one attached hydrogen (secondary N) is 1. The SMILES string of the molecule is COc1ccccc1-c1cnc2[nH]c(-c3cccc(C(F)(F)F)c3)nc2c1. The van der Waals surface area contributed by atoms with Crippen LogP contribution >= 0.6 is 0 Å². The fourth-order valence-electron chi connectivity index (χ4n) is 2.91. The van der Waals surface area contributed by atoms with E-state index in [4.69, 9.17) is 4.74 Å². The van der Waals surface area contributed by atoms with Crippen LogP contribution in [0, 0.1) is 0 Å². The number of rotatable bonds is 3. The molecule has 4 nitrogen and oxygen atoms in total. The number of para-hydroxylation sites is 1. The van der Waals surface area contributed by atoms with E-state index in [9.17, 15) is 13.2 Å². The van der Waals surface area contributed by atoms with Crippen LogP contribution in [0.2, 0.25) is 0 Å². The van der Waals surface area contributed by atoms with Crippen LogP contribution in [0.5, 0.6) is 5.75 Å². The molecular formula is C20H14F3N3O. The first-order chi connectivity index (χ1) is 13.0. The molecule has 4 aromatic rings. The Kier molecular flexibility index (Phi) is 4.07. The van der Waals surface area contributed by atoms with Gasteiger partial charge in [0.05, 0.1) is 12.7 Å². The first kappa shape index (κ1) is 17.1. The summed E-state index contributed by atoms with van der Waals surface area (Å²) in [5.41, 5.74) is 2.36. The van der Waals surface area contributed by atoms with E-state index >= 15 is 0 Å². The molecule has 0 atom stereocenters. The van der Waals surface area contributed by atoms with E-state index in [-0.39, 0.29) is 0 Å². The van der Waals surface area contributed by atoms with Crippen molar-refractivity contribution in [1.82, 2.24) is 15.0 Å². The summed E-state index contributed by atoms with van der Waals surface area (Å²) in [6.45, 7) is 0. The number of halogens is 3. The van der Waals surface area contributed by atoms with Gasteiger partial charge in [-0.15, -0.1) is 0 Å². The van der Waals surface area contributed by atoms with Crippen molar-refractivity contribution in [2.45, 2.75) is 6.18 Å². The molecule has 27 heavy (non-hydrogen) atoms. The highest BCUT2D eigenvalue weighted by Crippen LogP contribution is 2.33. The normalized spacial score (nSPS) is 11.7. The summed E-state index contributed by atoms with van der Waals surface area (Å²) in [6, 6.07) is 14.4. The molecule has 0 amide bonds. The Labute approximate surface area is 152 Å². The summed E-state index contributed by atoms with van der Waals surface area (Å²) in [5, 5.41) is 0. The molecule has 136 valence electrons. The molecule has 0 saturated heterocycles. The summed E-state index contributed by atoms with van der Waals surface area (Å²) in [7, 11) is 1.59. The number of methoxy groups -OCH3 is 1. The molecule has 2 aromatic carbocycles. The average Bonchev–Trinajstić information content (AvgIpc) is 3.10. The molecule has 0 aliphatic rings. The van der Waals surface area contributed by atoms with Gasteiger partial charge in [-0.05, 0) is 24.3 Å². The van der Waals surface area contributed by atoms with Crippen LogP contribution in [0.4, 0.5) is 13.2 Å². The van der Waals surface area contributed by atoms with Gasteiger partial charge in [-0.1, -0.05) is 30.3 Å². The smallest absolute Gasteiger partial charge is 0.416 e. The van der Waals surface area contributed by atoms with Crippen molar-refractivity contribution in [1.29, 1.82) is 0 Å². The summed E-state index contributed by atoms with van der Waals surface area (Å²) < 4.78 is 44.2. The Morgan fingerprint density at radius 1 is 0.963 bits per heavy atom. The van der Waals surface area contributed by atoms with Crippen molar-refractivity contribution >= 4 is 11.2 Å². The number of ether oxygens (including phenoxy) is 1. The molecule has 0 saturated carbocycles. The minimum absolute atomic E-state index is 0.334. The van der Waals surface area contributed by atoms with Gasteiger partial charge in [0.15, 0.2) is 5.65 Å². The lowest BCUT2D eigenvalue weighted by Crippen LogP contribution is -2.04. The lowest BCUT2D eigenvalue weighted by molar-refractivity contribution is -0.137. The van der Waals surface area contributed by atoms with Gasteiger partial charge < -0.3 is 9.72 Å². The quantitative estimate of drug-likeness (QED) is 0.532. The number of hydrogen-bond acceptors (Lipinski definition) is 3. The van der Waals surface area contributed by atoms with Gasteiger partial charge in [0.2, 0.25) is 0 Å². The first-order valence-corrected chi connectivity index (χ1v) is 8.12. The predicted molar refractivity (Wildman–Crippen MR) is 96.3 cm³/mol. The number of pyridine rings is 1. The van der Waals surface area contributed by atoms with Crippen LogP contribution in [0.15, 0.2) is 60.8 Å². The summed E-state index contributed by atoms with van der Waals surface area (Å²) in [5.74, 6) is 1.04. The van der Waals surface area contributed by atoms with E-state index < -0.39 is 11.7 Å². The largest absolute Gasteiger partial charge is 0.496 e. The van der Waals surface area contributed by atoms with Crippen molar-refractivity contribution in [3.63, 3.8) is 0 Å². The van der Waals surface area contributed by atoms with Crippen molar-refractivity contribution in [3.05, 3.63) is 66.4 Å². The maximum atomic E-state index is 12.9. The highest BCUT2D eigenvalue weighted by atomic mass is 19.4. The topological polar surface area (TPSA) is 50.8 Å². The average molecular weight is 369 g/mol. The Balaban J connectivity index is 1.78. The van der Waals surface area contributed by atoms with Gasteiger partial charge in [-0.25, -0.2) is 9.97 Å². The second-order valence-corrected chi connectivity index (χ2v) is 5.96. The van der Waals surface area contributed by atoms with Crippen LogP contribution in [-0.4, -0.2) is 22.1 Å². The van der Waals surface area contributed by atoms with Crippen molar-refractivity contribution in [2.24, 2.45) is 0 Å². The molecule has 1 N–H and O–H groups in total. The van der Waals surface area contributed by atoms with E-state index in [2.05, 4.69) is 15.0 Å². The number of aromatic amines is 1. The Hall–Kier alpha value is -3.35. The van der Waals surface area contributed by atoms with E-state index in [1.54, 1.807) is 19.4 Å². The molecule has 7 heteroatoms. The number of fused-ring (bicyclic) bond motifs is 1. The number of benzene rings is 2. The van der Waals surface area contributed by atoms with Crippen LogP contribution < -0.4 is 4.74 Å². The molecule has 0 radical (unpaired) electrons. The molecule has 4 rings (SSSR count). The third kappa shape index (κ3) is 3.23. The molecule has 2 aromatic heterocycles. The number of hydrogen-bond donors (Lipinski definition) is 1. The Morgan fingerprint density at radius 2 is 1.78 bits per heavy atom. The number of alkyl halides is 3. The molecule has 2 heterocycles. The van der Waals surface area contributed by atoms with Gasteiger partial charge in [0.1, 0.15) is 17.1 Å². The molecule has 0 aliphatic heterocycles. The molecular weight excluding hydrogens is 355 g/mol. The zero-order chi connectivity index (χ0) is 19.0. The van der Waals surface area contributed by atoms with Gasteiger partial charge in [-0.3, -0.25) is 0 Å². The van der Waals surface area contributed by atoms with E-state index in [1.165, 1.54) is 6.07 Å². The second-order valence-electron chi connectivity index (χ2n) is 5.96. The lowest BCUT2D eigenvalue weighted by Gasteiger charge is -2.07. The molecule has 0 aliphatic carbocycles. The first-order valence-electron chi connectivity index (χ1n) is 8.12. The fourth-order valence-corrected chi connectivity index (χ4v) is 2.91. The predicted octanol–water partition coefficient (Wildman–Crippen LogP) is 5.32. The van der Waals surface area contributed by atoms with Gasteiger partial charge >= 0.3 is 6.18 Å². The third-order valence-electron chi connectivity index (χ3n) is 4.22. The number of nitrogens with zero attached hydrogens (tertiary/aromatic N) is 2. The van der Waals surface area contributed by atoms with Crippen LogP contribution in [0.3, 0.4) is 0 Å².